The van der Waals surface area contributed by atoms with E-state index in [2.05, 4.69) is 12.2 Å². The maximum Gasteiger partial charge on any atom is 0.412 e. The van der Waals surface area contributed by atoms with Crippen LogP contribution < -0.4 is 10.1 Å². The smallest absolute Gasteiger partial charge is 0.412 e. The van der Waals surface area contributed by atoms with E-state index in [0.29, 0.717) is 17.3 Å². The van der Waals surface area contributed by atoms with Gasteiger partial charge in [0.25, 0.3) is 0 Å². The fourth-order valence-corrected chi connectivity index (χ4v) is 5.08. The first kappa shape index (κ1) is 26.2. The minimum atomic E-state index is -0.512. The van der Waals surface area contributed by atoms with E-state index in [1.165, 1.54) is 11.3 Å². The molecule has 1 N–H and O–H groups in total. The molecule has 0 atom stereocenters. The van der Waals surface area contributed by atoms with Crippen molar-refractivity contribution in [1.82, 2.24) is 14.8 Å². The van der Waals surface area contributed by atoms with E-state index in [1.54, 1.807) is 6.92 Å². The molecule has 2 heterocycles. The summed E-state index contributed by atoms with van der Waals surface area (Å²) in [5.41, 5.74) is 6.20. The van der Waals surface area contributed by atoms with Gasteiger partial charge in [0.2, 0.25) is 0 Å². The van der Waals surface area contributed by atoms with Gasteiger partial charge in [-0.05, 0) is 44.5 Å². The van der Waals surface area contributed by atoms with Crippen molar-refractivity contribution in [3.63, 3.8) is 0 Å². The summed E-state index contributed by atoms with van der Waals surface area (Å²) in [4.78, 5) is 17.4. The predicted octanol–water partition coefficient (Wildman–Crippen LogP) is 8.00. The third kappa shape index (κ3) is 6.02. The van der Waals surface area contributed by atoms with Crippen molar-refractivity contribution < 1.29 is 14.3 Å². The largest absolute Gasteiger partial charge is 0.494 e. The average Bonchev–Trinajstić information content (AvgIpc) is 3.58. The molecule has 198 valence electrons. The Morgan fingerprint density at radius 1 is 0.949 bits per heavy atom. The van der Waals surface area contributed by atoms with Gasteiger partial charge < -0.3 is 9.47 Å². The number of anilines is 1. The van der Waals surface area contributed by atoms with E-state index in [4.69, 9.17) is 19.6 Å². The van der Waals surface area contributed by atoms with Crippen molar-refractivity contribution in [2.24, 2.45) is 0 Å². The summed E-state index contributed by atoms with van der Waals surface area (Å²) in [5.74, 6) is 0.790. The maximum absolute atomic E-state index is 12.4. The number of rotatable bonds is 9. The zero-order valence-corrected chi connectivity index (χ0v) is 23.0. The summed E-state index contributed by atoms with van der Waals surface area (Å²) in [6.07, 6.45) is 2.40. The van der Waals surface area contributed by atoms with Gasteiger partial charge in [0.1, 0.15) is 27.1 Å². The van der Waals surface area contributed by atoms with Crippen molar-refractivity contribution in [1.29, 1.82) is 0 Å². The highest BCUT2D eigenvalue weighted by molar-refractivity contribution is 7.19. The quantitative estimate of drug-likeness (QED) is 0.206. The van der Waals surface area contributed by atoms with Gasteiger partial charge in [0.15, 0.2) is 0 Å². The number of aryl methyl sites for hydroxylation is 1. The van der Waals surface area contributed by atoms with Crippen LogP contribution in [0.1, 0.15) is 25.8 Å². The highest BCUT2D eigenvalue weighted by atomic mass is 32.1. The van der Waals surface area contributed by atoms with Crippen LogP contribution in [0.15, 0.2) is 85.1 Å². The van der Waals surface area contributed by atoms with Crippen LogP contribution in [-0.2, 0) is 4.74 Å². The minimum absolute atomic E-state index is 0.280. The average molecular weight is 539 g/mol. The first-order valence-corrected chi connectivity index (χ1v) is 13.8. The van der Waals surface area contributed by atoms with Crippen LogP contribution in [-0.4, -0.2) is 34.1 Å². The van der Waals surface area contributed by atoms with Crippen LogP contribution in [0.4, 0.5) is 9.80 Å². The molecule has 5 rings (SSSR count). The summed E-state index contributed by atoms with van der Waals surface area (Å²) >= 11 is 1.39. The molecule has 0 aliphatic carbocycles. The third-order valence-corrected chi connectivity index (χ3v) is 6.99. The first-order chi connectivity index (χ1) is 19.1. The van der Waals surface area contributed by atoms with Crippen molar-refractivity contribution in [2.45, 2.75) is 27.2 Å². The Balaban J connectivity index is 1.65. The fourth-order valence-electron chi connectivity index (χ4n) is 4.10. The lowest BCUT2D eigenvalue weighted by Crippen LogP contribution is -2.12. The van der Waals surface area contributed by atoms with E-state index in [0.717, 1.165) is 50.8 Å². The molecule has 0 bridgehead atoms. The van der Waals surface area contributed by atoms with Crippen molar-refractivity contribution in [3.05, 3.63) is 90.6 Å². The van der Waals surface area contributed by atoms with Gasteiger partial charge in [0.05, 0.1) is 24.5 Å². The summed E-state index contributed by atoms with van der Waals surface area (Å²) in [6, 6.07) is 26.0. The Labute approximate surface area is 232 Å². The summed E-state index contributed by atoms with van der Waals surface area (Å²) < 4.78 is 12.9. The third-order valence-electron chi connectivity index (χ3n) is 5.99. The van der Waals surface area contributed by atoms with Crippen molar-refractivity contribution >= 4 is 22.4 Å². The number of nitrogens with zero attached hydrogens (tertiary/aromatic N) is 3. The van der Waals surface area contributed by atoms with Crippen LogP contribution in [0.5, 0.6) is 5.75 Å². The molecule has 3 aromatic carbocycles. The molecule has 0 saturated heterocycles. The van der Waals surface area contributed by atoms with Crippen molar-refractivity contribution in [2.75, 3.05) is 18.5 Å². The molecule has 39 heavy (non-hydrogen) atoms. The molecule has 5 aromatic rings. The minimum Gasteiger partial charge on any atom is -0.494 e. The number of aromatic nitrogens is 3. The number of carbonyl (C=O) groups is 1. The molecule has 7 nitrogen and oxygen atoms in total. The molecule has 0 aliphatic rings. The zero-order chi connectivity index (χ0) is 27.2. The number of ether oxygens (including phenoxy) is 2. The van der Waals surface area contributed by atoms with Gasteiger partial charge in [0, 0.05) is 17.3 Å². The van der Waals surface area contributed by atoms with Gasteiger partial charge in [-0.1, -0.05) is 78.4 Å². The Morgan fingerprint density at radius 3 is 2.49 bits per heavy atom. The van der Waals surface area contributed by atoms with Crippen LogP contribution >= 0.6 is 11.3 Å². The second kappa shape index (κ2) is 12.0. The Kier molecular flexibility index (Phi) is 8.03. The summed E-state index contributed by atoms with van der Waals surface area (Å²) in [5, 5.41) is 9.22. The molecule has 0 spiro atoms. The number of hydrogen-bond acceptors (Lipinski definition) is 6. The van der Waals surface area contributed by atoms with Gasteiger partial charge in [-0.15, -0.1) is 0 Å². The van der Waals surface area contributed by atoms with Gasteiger partial charge >= 0.3 is 6.09 Å². The normalized spacial score (nSPS) is 10.8. The van der Waals surface area contributed by atoms with E-state index in [1.807, 2.05) is 96.7 Å². The number of nitrogens with one attached hydrogen (secondary N) is 1. The number of thiazole rings is 1. The van der Waals surface area contributed by atoms with Gasteiger partial charge in [-0.25, -0.2) is 14.5 Å². The Hall–Kier alpha value is -4.43. The molecule has 0 saturated carbocycles. The molecule has 0 fully saturated rings. The number of hydrogen-bond donors (Lipinski definition) is 1. The molecule has 0 unspecified atom stereocenters. The topological polar surface area (TPSA) is 78.3 Å². The number of amides is 1. The number of benzene rings is 3. The molecule has 8 heteroatoms. The molecule has 1 amide bonds. The van der Waals surface area contributed by atoms with E-state index < -0.39 is 6.09 Å². The van der Waals surface area contributed by atoms with E-state index in [9.17, 15) is 4.79 Å². The summed E-state index contributed by atoms with van der Waals surface area (Å²) in [7, 11) is 0. The highest BCUT2D eigenvalue weighted by Crippen LogP contribution is 2.42. The molecule has 0 aliphatic heterocycles. The van der Waals surface area contributed by atoms with Crippen LogP contribution in [0.25, 0.3) is 38.8 Å². The lowest BCUT2D eigenvalue weighted by molar-refractivity contribution is 0.168. The number of carbonyl (C=O) groups excluding carboxylic acids is 1. The molecule has 2 aromatic heterocycles. The SMILES string of the molecule is CCCOc1cccc(-c2nn(-c3ccccc3)cc2-c2nc(-c3ccc(C)cc3)c(NC(=O)OCC)s2)c1. The van der Waals surface area contributed by atoms with Crippen molar-refractivity contribution in [3.8, 4) is 44.5 Å². The molecular formula is C31H30N4O3S. The van der Waals surface area contributed by atoms with Crippen LogP contribution in [0.3, 0.4) is 0 Å². The van der Waals surface area contributed by atoms with Crippen LogP contribution in [0.2, 0.25) is 0 Å². The predicted molar refractivity (Wildman–Crippen MR) is 157 cm³/mol. The highest BCUT2D eigenvalue weighted by Gasteiger charge is 2.22. The number of para-hydroxylation sites is 1. The van der Waals surface area contributed by atoms with Gasteiger partial charge in [-0.3, -0.25) is 5.32 Å². The van der Waals surface area contributed by atoms with Gasteiger partial charge in [-0.2, -0.15) is 5.10 Å². The second-order valence-electron chi connectivity index (χ2n) is 8.96. The zero-order valence-electron chi connectivity index (χ0n) is 22.2. The monoisotopic (exact) mass is 538 g/mol. The van der Waals surface area contributed by atoms with E-state index >= 15 is 0 Å². The van der Waals surface area contributed by atoms with E-state index in [-0.39, 0.29) is 6.61 Å². The fraction of sp³-hybridized carbons (Fsp3) is 0.194. The Morgan fingerprint density at radius 2 is 1.74 bits per heavy atom. The second-order valence-corrected chi connectivity index (χ2v) is 9.96. The standard InChI is InChI=1S/C31H30N4O3S/c1-4-18-38-25-13-9-10-23(19-25)27-26(20-35(34-27)24-11-7-6-8-12-24)29-32-28(22-16-14-21(3)15-17-22)30(39-29)33-31(36)37-5-2/h6-17,19-20H,4-5,18H2,1-3H3,(H,33,36). The lowest BCUT2D eigenvalue weighted by Gasteiger charge is -2.06. The van der Waals surface area contributed by atoms with Crippen LogP contribution in [0, 0.1) is 6.92 Å². The first-order valence-electron chi connectivity index (χ1n) is 13.0. The Bertz CT molecular complexity index is 1560. The maximum atomic E-state index is 12.4. The molecule has 0 radical (unpaired) electrons. The lowest BCUT2D eigenvalue weighted by atomic mass is 10.1. The summed E-state index contributed by atoms with van der Waals surface area (Å²) in [6.45, 7) is 6.82. The molecular weight excluding hydrogens is 508 g/mol.